The quantitative estimate of drug-likeness (QED) is 0.568. The van der Waals surface area contributed by atoms with Crippen molar-refractivity contribution in [1.29, 1.82) is 0 Å². The summed E-state index contributed by atoms with van der Waals surface area (Å²) < 4.78 is 48.7. The van der Waals surface area contributed by atoms with Crippen LogP contribution in [0.1, 0.15) is 12.8 Å². The smallest absolute Gasteiger partial charge is 0.278 e. The lowest BCUT2D eigenvalue weighted by Gasteiger charge is -2.17. The maximum absolute atomic E-state index is 12.5. The summed E-state index contributed by atoms with van der Waals surface area (Å²) in [7, 11) is -3.00. The summed E-state index contributed by atoms with van der Waals surface area (Å²) in [5.74, 6) is -1.48. The van der Waals surface area contributed by atoms with Crippen molar-refractivity contribution < 1.29 is 27.0 Å². The highest BCUT2D eigenvalue weighted by atomic mass is 32.2. The summed E-state index contributed by atoms with van der Waals surface area (Å²) in [4.78, 5) is 25.7. The molecule has 114 valence electrons. The zero-order valence-electron chi connectivity index (χ0n) is 10.7. The largest absolute Gasteiger partial charge is 0.471 e. The van der Waals surface area contributed by atoms with Crippen molar-refractivity contribution in [2.45, 2.75) is 29.6 Å². The zero-order valence-corrected chi connectivity index (χ0v) is 11.6. The molecule has 0 aromatic heterocycles. The standard InChI is InChI=1S/C13H12F3NO3S/c14-13(15,16)21(20)8-4-7(8)17-11(18)9-5-1-2-6(3-5)10(9)12(17)19/h1-2,5-10H,3-4H2/t5?,6?,7-,8-,9?,10?,21?/m0/s1. The molecule has 0 radical (unpaired) electrons. The van der Waals surface area contributed by atoms with Crippen molar-refractivity contribution in [2.75, 3.05) is 0 Å². The number of carbonyl (C=O) groups excluding carboxylic acids is 2. The van der Waals surface area contributed by atoms with Crippen LogP contribution in [-0.2, 0) is 20.4 Å². The van der Waals surface area contributed by atoms with Crippen LogP contribution < -0.4 is 0 Å². The molecule has 8 heteroatoms. The van der Waals surface area contributed by atoms with Crippen LogP contribution in [0.3, 0.4) is 0 Å². The Morgan fingerprint density at radius 3 is 2.05 bits per heavy atom. The second kappa shape index (κ2) is 3.97. The number of hydrogen-bond donors (Lipinski definition) is 0. The Kier molecular flexibility index (Phi) is 2.55. The number of rotatable bonds is 2. The topological polar surface area (TPSA) is 54.5 Å². The molecule has 3 aliphatic carbocycles. The lowest BCUT2D eigenvalue weighted by atomic mass is 9.85. The van der Waals surface area contributed by atoms with Crippen molar-refractivity contribution in [3.63, 3.8) is 0 Å². The summed E-state index contributed by atoms with van der Waals surface area (Å²) in [6, 6.07) is -0.836. The lowest BCUT2D eigenvalue weighted by Crippen LogP contribution is -2.38. The van der Waals surface area contributed by atoms with Gasteiger partial charge in [-0.1, -0.05) is 12.2 Å². The van der Waals surface area contributed by atoms with Crippen LogP contribution in [0.4, 0.5) is 13.2 Å². The van der Waals surface area contributed by atoms with Gasteiger partial charge in [0.1, 0.15) is 10.8 Å². The van der Waals surface area contributed by atoms with Gasteiger partial charge in [-0.25, -0.2) is 0 Å². The van der Waals surface area contributed by atoms with Gasteiger partial charge in [-0.2, -0.15) is 13.2 Å². The fraction of sp³-hybridized carbons (Fsp3) is 0.692. The SMILES string of the molecule is O=C1C2C3C=CC(C3)C2C(=O)N1[C@H]1C[C@@H]1S(=O)C(F)(F)F. The van der Waals surface area contributed by atoms with Gasteiger partial charge in [0.25, 0.3) is 0 Å². The van der Waals surface area contributed by atoms with Crippen LogP contribution in [0.2, 0.25) is 0 Å². The molecule has 0 spiro atoms. The van der Waals surface area contributed by atoms with Crippen LogP contribution in [-0.4, -0.2) is 37.7 Å². The minimum atomic E-state index is -4.79. The molecule has 4 rings (SSSR count). The first-order valence-electron chi connectivity index (χ1n) is 6.83. The average molecular weight is 319 g/mol. The predicted molar refractivity (Wildman–Crippen MR) is 66.0 cm³/mol. The number of nitrogens with zero attached hydrogens (tertiary/aromatic N) is 1. The monoisotopic (exact) mass is 319 g/mol. The molecule has 7 atom stereocenters. The van der Waals surface area contributed by atoms with Gasteiger partial charge in [0.15, 0.2) is 0 Å². The van der Waals surface area contributed by atoms with Gasteiger partial charge in [-0.15, -0.1) is 0 Å². The molecular formula is C13H12F3NO3S. The number of halogens is 3. The molecule has 3 fully saturated rings. The van der Waals surface area contributed by atoms with E-state index in [0.717, 1.165) is 11.3 Å². The van der Waals surface area contributed by atoms with Crippen molar-refractivity contribution in [3.05, 3.63) is 12.2 Å². The second-order valence-electron chi connectivity index (χ2n) is 6.13. The zero-order chi connectivity index (χ0) is 15.1. The third-order valence-corrected chi connectivity index (χ3v) is 6.55. The molecule has 2 bridgehead atoms. The second-order valence-corrected chi connectivity index (χ2v) is 7.79. The molecule has 2 amide bonds. The van der Waals surface area contributed by atoms with Gasteiger partial charge in [0.2, 0.25) is 11.8 Å². The van der Waals surface area contributed by atoms with E-state index >= 15 is 0 Å². The Hall–Kier alpha value is -1.18. The number of fused-ring (bicyclic) bond motifs is 5. The first-order chi connectivity index (χ1) is 9.80. The van der Waals surface area contributed by atoms with Crippen molar-refractivity contribution in [3.8, 4) is 0 Å². The number of allylic oxidation sites excluding steroid dienone is 2. The first-order valence-corrected chi connectivity index (χ1v) is 8.04. The fourth-order valence-corrected chi connectivity index (χ4v) is 5.21. The minimum absolute atomic E-state index is 0.00813. The van der Waals surface area contributed by atoms with Gasteiger partial charge in [-0.05, 0) is 24.7 Å². The van der Waals surface area contributed by atoms with Gasteiger partial charge >= 0.3 is 5.51 Å². The van der Waals surface area contributed by atoms with E-state index in [1.807, 2.05) is 12.2 Å². The van der Waals surface area contributed by atoms with Crippen LogP contribution in [0.25, 0.3) is 0 Å². The number of likely N-dealkylation sites (tertiary alicyclic amines) is 1. The summed E-state index contributed by atoms with van der Waals surface area (Å²) in [5, 5.41) is -1.15. The minimum Gasteiger partial charge on any atom is -0.278 e. The van der Waals surface area contributed by atoms with E-state index in [0.29, 0.717) is 0 Å². The molecule has 1 saturated heterocycles. The molecule has 0 aromatic carbocycles. The molecule has 0 aromatic rings. The highest BCUT2D eigenvalue weighted by Crippen LogP contribution is 2.54. The van der Waals surface area contributed by atoms with Crippen LogP contribution >= 0.6 is 0 Å². The number of hydrogen-bond acceptors (Lipinski definition) is 3. The predicted octanol–water partition coefficient (Wildman–Crippen LogP) is 1.20. The van der Waals surface area contributed by atoms with E-state index in [1.54, 1.807) is 0 Å². The summed E-state index contributed by atoms with van der Waals surface area (Å²) >= 11 is 0. The maximum Gasteiger partial charge on any atom is 0.471 e. The Labute approximate surface area is 120 Å². The Morgan fingerprint density at radius 2 is 1.57 bits per heavy atom. The lowest BCUT2D eigenvalue weighted by molar-refractivity contribution is -0.141. The molecule has 4 aliphatic rings. The molecule has 2 saturated carbocycles. The highest BCUT2D eigenvalue weighted by Gasteiger charge is 2.65. The van der Waals surface area contributed by atoms with E-state index in [9.17, 15) is 27.0 Å². The van der Waals surface area contributed by atoms with E-state index in [4.69, 9.17) is 0 Å². The number of carbonyl (C=O) groups is 2. The van der Waals surface area contributed by atoms with Crippen molar-refractivity contribution >= 4 is 22.6 Å². The Bertz CT molecular complexity index is 572. The van der Waals surface area contributed by atoms with E-state index in [-0.39, 0.29) is 30.1 Å². The average Bonchev–Trinajstić information content (AvgIpc) is 2.79. The van der Waals surface area contributed by atoms with E-state index in [2.05, 4.69) is 0 Å². The molecule has 5 unspecified atom stereocenters. The Balaban J connectivity index is 1.55. The van der Waals surface area contributed by atoms with Gasteiger partial charge < -0.3 is 0 Å². The number of imide groups is 1. The van der Waals surface area contributed by atoms with Gasteiger partial charge in [-0.3, -0.25) is 18.7 Å². The van der Waals surface area contributed by atoms with Crippen LogP contribution in [0.15, 0.2) is 12.2 Å². The van der Waals surface area contributed by atoms with E-state index in [1.165, 1.54) is 0 Å². The van der Waals surface area contributed by atoms with Crippen molar-refractivity contribution in [1.82, 2.24) is 4.90 Å². The highest BCUT2D eigenvalue weighted by molar-refractivity contribution is 7.86. The van der Waals surface area contributed by atoms with Gasteiger partial charge in [0, 0.05) is 0 Å². The fourth-order valence-electron chi connectivity index (χ4n) is 4.09. The summed E-state index contributed by atoms with van der Waals surface area (Å²) in [5.41, 5.74) is -4.79. The van der Waals surface area contributed by atoms with Crippen LogP contribution in [0, 0.1) is 23.7 Å². The third kappa shape index (κ3) is 1.71. The number of alkyl halides is 3. The molecule has 21 heavy (non-hydrogen) atoms. The van der Waals surface area contributed by atoms with E-state index < -0.39 is 39.4 Å². The van der Waals surface area contributed by atoms with Gasteiger partial charge in [0.05, 0.1) is 23.1 Å². The summed E-state index contributed by atoms with van der Waals surface area (Å²) in [6.45, 7) is 0. The van der Waals surface area contributed by atoms with Crippen LogP contribution in [0.5, 0.6) is 0 Å². The third-order valence-electron chi connectivity index (χ3n) is 5.04. The van der Waals surface area contributed by atoms with Crippen molar-refractivity contribution in [2.24, 2.45) is 23.7 Å². The molecular weight excluding hydrogens is 307 g/mol. The first kappa shape index (κ1) is 13.5. The Morgan fingerprint density at radius 1 is 1.05 bits per heavy atom. The summed E-state index contributed by atoms with van der Waals surface area (Å²) in [6.07, 6.45) is 4.63. The normalized spacial score (nSPS) is 45.4. The molecule has 0 N–H and O–H groups in total. The molecule has 4 nitrogen and oxygen atoms in total. The number of amides is 2. The molecule has 1 heterocycles. The maximum atomic E-state index is 12.5. The molecule has 1 aliphatic heterocycles.